The van der Waals surface area contributed by atoms with Crippen molar-refractivity contribution < 1.29 is 0 Å². The van der Waals surface area contributed by atoms with Gasteiger partial charge in [0.25, 0.3) is 0 Å². The summed E-state index contributed by atoms with van der Waals surface area (Å²) in [5.41, 5.74) is 5.95. The van der Waals surface area contributed by atoms with E-state index in [0.717, 1.165) is 59.1 Å². The summed E-state index contributed by atoms with van der Waals surface area (Å²) in [6, 6.07) is 13.2. The first-order chi connectivity index (χ1) is 16.5. The normalized spacial score (nSPS) is 18.5. The van der Waals surface area contributed by atoms with Crippen molar-refractivity contribution in [2.75, 3.05) is 0 Å². The minimum atomic E-state index is -0.462. The summed E-state index contributed by atoms with van der Waals surface area (Å²) in [6.45, 7) is 4.38. The maximum atomic E-state index is 9.29. The second kappa shape index (κ2) is 8.76. The average molecular weight is 450 g/mol. The molecule has 0 saturated heterocycles. The zero-order chi connectivity index (χ0) is 23.7. The maximum Gasteiger partial charge on any atom is 0.0958 e. The van der Waals surface area contributed by atoms with Crippen molar-refractivity contribution in [1.29, 1.82) is 10.5 Å². The first kappa shape index (κ1) is 21.9. The summed E-state index contributed by atoms with van der Waals surface area (Å²) in [5, 5.41) is 27.6. The van der Waals surface area contributed by atoms with Crippen LogP contribution in [0.4, 0.5) is 0 Å². The SMILES string of the molecule is CC(C)(C#N)Cn1cc(-c2ccc(-c3cnn4ccnc([C@H]5CC[C@@H](C#N)CC5)c34)cc2)cn1. The predicted molar refractivity (Wildman–Crippen MR) is 129 cm³/mol. The molecule has 7 heteroatoms. The molecule has 0 bridgehead atoms. The van der Waals surface area contributed by atoms with Crippen LogP contribution in [0.2, 0.25) is 0 Å². The van der Waals surface area contributed by atoms with Gasteiger partial charge in [0.1, 0.15) is 0 Å². The van der Waals surface area contributed by atoms with Crippen LogP contribution in [0.15, 0.2) is 55.2 Å². The number of hydrogen-bond acceptors (Lipinski definition) is 5. The van der Waals surface area contributed by atoms with Gasteiger partial charge in [-0.2, -0.15) is 20.7 Å². The summed E-state index contributed by atoms with van der Waals surface area (Å²) in [4.78, 5) is 4.77. The fraction of sp³-hybridized carbons (Fsp3) is 0.370. The van der Waals surface area contributed by atoms with Crippen molar-refractivity contribution >= 4 is 5.52 Å². The van der Waals surface area contributed by atoms with Gasteiger partial charge in [0.05, 0.1) is 47.7 Å². The molecule has 1 fully saturated rings. The van der Waals surface area contributed by atoms with Gasteiger partial charge in [0.2, 0.25) is 0 Å². The van der Waals surface area contributed by atoms with Crippen LogP contribution in [0.5, 0.6) is 0 Å². The predicted octanol–water partition coefficient (Wildman–Crippen LogP) is 5.61. The van der Waals surface area contributed by atoms with E-state index in [1.54, 1.807) is 0 Å². The third-order valence-electron chi connectivity index (χ3n) is 6.78. The lowest BCUT2D eigenvalue weighted by Gasteiger charge is -2.24. The fourth-order valence-electron chi connectivity index (χ4n) is 4.86. The summed E-state index contributed by atoms with van der Waals surface area (Å²) < 4.78 is 3.75. The van der Waals surface area contributed by atoms with Crippen LogP contribution in [0.3, 0.4) is 0 Å². The molecule has 0 amide bonds. The molecule has 7 nitrogen and oxygen atoms in total. The Kier molecular flexibility index (Phi) is 5.63. The van der Waals surface area contributed by atoms with Crippen LogP contribution in [0, 0.1) is 34.0 Å². The van der Waals surface area contributed by atoms with Crippen molar-refractivity contribution in [2.24, 2.45) is 11.3 Å². The lowest BCUT2D eigenvalue weighted by molar-refractivity contribution is 0.378. The first-order valence-electron chi connectivity index (χ1n) is 11.7. The highest BCUT2D eigenvalue weighted by molar-refractivity contribution is 5.83. The first-order valence-corrected chi connectivity index (χ1v) is 11.7. The Morgan fingerprint density at radius 1 is 0.971 bits per heavy atom. The molecule has 1 saturated carbocycles. The van der Waals surface area contributed by atoms with Gasteiger partial charge in [-0.3, -0.25) is 9.67 Å². The van der Waals surface area contributed by atoms with Gasteiger partial charge in [-0.05, 0) is 50.7 Å². The summed E-state index contributed by atoms with van der Waals surface area (Å²) >= 11 is 0. The fourth-order valence-corrected chi connectivity index (χ4v) is 4.86. The number of nitriles is 2. The summed E-state index contributed by atoms with van der Waals surface area (Å²) in [7, 11) is 0. The zero-order valence-electron chi connectivity index (χ0n) is 19.5. The molecular formula is C27H27N7. The molecular weight excluding hydrogens is 422 g/mol. The number of hydrogen-bond donors (Lipinski definition) is 0. The van der Waals surface area contributed by atoms with E-state index in [-0.39, 0.29) is 5.92 Å². The number of nitrogens with zero attached hydrogens (tertiary/aromatic N) is 7. The van der Waals surface area contributed by atoms with E-state index in [4.69, 9.17) is 4.98 Å². The van der Waals surface area contributed by atoms with Gasteiger partial charge >= 0.3 is 0 Å². The molecule has 0 aliphatic heterocycles. The van der Waals surface area contributed by atoms with E-state index in [2.05, 4.69) is 46.6 Å². The van der Waals surface area contributed by atoms with Gasteiger partial charge < -0.3 is 0 Å². The molecule has 0 unspecified atom stereocenters. The van der Waals surface area contributed by atoms with Gasteiger partial charge in [-0.15, -0.1) is 0 Å². The second-order valence-electron chi connectivity index (χ2n) is 9.84. The Bertz CT molecular complexity index is 1390. The summed E-state index contributed by atoms with van der Waals surface area (Å²) in [6.07, 6.45) is 13.3. The molecule has 3 heterocycles. The topological polar surface area (TPSA) is 95.6 Å². The van der Waals surface area contributed by atoms with Crippen molar-refractivity contribution in [3.05, 3.63) is 60.9 Å². The van der Waals surface area contributed by atoms with Gasteiger partial charge in [-0.1, -0.05) is 24.3 Å². The third-order valence-corrected chi connectivity index (χ3v) is 6.78. The lowest BCUT2D eigenvalue weighted by atomic mass is 9.80. The van der Waals surface area contributed by atoms with Gasteiger partial charge in [0, 0.05) is 41.6 Å². The highest BCUT2D eigenvalue weighted by Crippen LogP contribution is 2.38. The van der Waals surface area contributed by atoms with Crippen LogP contribution in [-0.4, -0.2) is 24.4 Å². The monoisotopic (exact) mass is 449 g/mol. The Balaban J connectivity index is 1.43. The molecule has 1 aliphatic carbocycles. The van der Waals surface area contributed by atoms with Crippen molar-refractivity contribution in [1.82, 2.24) is 24.4 Å². The minimum absolute atomic E-state index is 0.170. The molecule has 4 aromatic rings. The molecule has 5 rings (SSSR count). The second-order valence-corrected chi connectivity index (χ2v) is 9.84. The van der Waals surface area contributed by atoms with Gasteiger partial charge in [-0.25, -0.2) is 4.52 Å². The number of benzene rings is 1. The Morgan fingerprint density at radius 2 is 1.71 bits per heavy atom. The van der Waals surface area contributed by atoms with Crippen molar-refractivity contribution in [2.45, 2.75) is 52.0 Å². The van der Waals surface area contributed by atoms with Gasteiger partial charge in [0.15, 0.2) is 0 Å². The largest absolute Gasteiger partial charge is 0.271 e. The standard InChI is InChI=1S/C27H27N7/c1-27(2,17-29)18-33-16-23(14-31-33)20-7-9-21(10-8-20)24-15-32-34-12-11-30-25(26(24)34)22-5-3-19(13-28)4-6-22/h7-12,14-16,19,22H,3-6,18H2,1-2H3/t19-,22+. The van der Waals surface area contributed by atoms with E-state index >= 15 is 0 Å². The molecule has 3 aromatic heterocycles. The Labute approximate surface area is 199 Å². The Morgan fingerprint density at radius 3 is 2.41 bits per heavy atom. The van der Waals surface area contributed by atoms with E-state index in [1.165, 1.54) is 0 Å². The van der Waals surface area contributed by atoms with Crippen LogP contribution in [0.25, 0.3) is 27.8 Å². The van der Waals surface area contributed by atoms with Crippen LogP contribution >= 0.6 is 0 Å². The third kappa shape index (κ3) is 4.18. The molecule has 0 atom stereocenters. The maximum absolute atomic E-state index is 9.29. The van der Waals surface area contributed by atoms with E-state index in [0.29, 0.717) is 12.5 Å². The van der Waals surface area contributed by atoms with Crippen LogP contribution in [-0.2, 0) is 6.54 Å². The van der Waals surface area contributed by atoms with Crippen molar-refractivity contribution in [3.63, 3.8) is 0 Å². The highest BCUT2D eigenvalue weighted by Gasteiger charge is 2.26. The highest BCUT2D eigenvalue weighted by atomic mass is 15.3. The van der Waals surface area contributed by atoms with E-state index in [9.17, 15) is 10.5 Å². The van der Waals surface area contributed by atoms with Crippen LogP contribution in [0.1, 0.15) is 51.1 Å². The zero-order valence-corrected chi connectivity index (χ0v) is 19.5. The molecule has 0 spiro atoms. The quantitative estimate of drug-likeness (QED) is 0.395. The number of aromatic nitrogens is 5. The lowest BCUT2D eigenvalue weighted by Crippen LogP contribution is -2.17. The smallest absolute Gasteiger partial charge is 0.0958 e. The molecule has 0 radical (unpaired) electrons. The minimum Gasteiger partial charge on any atom is -0.271 e. The number of fused-ring (bicyclic) bond motifs is 1. The molecule has 1 aromatic carbocycles. The van der Waals surface area contributed by atoms with E-state index < -0.39 is 5.41 Å². The average Bonchev–Trinajstić information content (AvgIpc) is 3.51. The van der Waals surface area contributed by atoms with Crippen LogP contribution < -0.4 is 0 Å². The van der Waals surface area contributed by atoms with E-state index in [1.807, 2.05) is 54.0 Å². The number of rotatable bonds is 5. The molecule has 0 N–H and O–H groups in total. The molecule has 1 aliphatic rings. The Hall–Kier alpha value is -3.97. The summed E-state index contributed by atoms with van der Waals surface area (Å²) in [5.74, 6) is 0.523. The molecule has 34 heavy (non-hydrogen) atoms. The van der Waals surface area contributed by atoms with Crippen molar-refractivity contribution in [3.8, 4) is 34.4 Å². The molecule has 170 valence electrons.